The highest BCUT2D eigenvalue weighted by molar-refractivity contribution is 5.80. The van der Waals surface area contributed by atoms with Crippen LogP contribution in [0, 0.1) is 11.8 Å². The molecule has 0 atom stereocenters. The lowest BCUT2D eigenvalue weighted by Crippen LogP contribution is -2.35. The van der Waals surface area contributed by atoms with E-state index in [1.54, 1.807) is 48.5 Å². The number of nitrogens with zero attached hydrogens (tertiary/aromatic N) is 2. The molecule has 0 bridgehead atoms. The molecule has 1 aliphatic rings. The predicted molar refractivity (Wildman–Crippen MR) is 170 cm³/mol. The number of hydrogen-bond acceptors (Lipinski definition) is 10. The molecule has 16 heteroatoms. The van der Waals surface area contributed by atoms with Crippen LogP contribution in [0.1, 0.15) is 49.7 Å². The summed E-state index contributed by atoms with van der Waals surface area (Å²) in [5.74, 6) is -1.39. The number of amides is 2. The van der Waals surface area contributed by atoms with Crippen molar-refractivity contribution in [2.24, 2.45) is 44.8 Å². The average Bonchev–Trinajstić information content (AvgIpc) is 3.01. The van der Waals surface area contributed by atoms with Crippen LogP contribution in [0.5, 0.6) is 0 Å². The van der Waals surface area contributed by atoms with Crippen LogP contribution in [0.15, 0.2) is 58.5 Å². The number of aliphatic imine (C=N–C) groups is 2. The molecule has 0 saturated heterocycles. The van der Waals surface area contributed by atoms with Crippen LogP contribution in [0.4, 0.5) is 11.4 Å². The summed E-state index contributed by atoms with van der Waals surface area (Å²) in [5.41, 5.74) is 29.1. The van der Waals surface area contributed by atoms with E-state index < -0.39 is 11.9 Å². The molecule has 248 valence electrons. The highest BCUT2D eigenvalue weighted by atomic mass is 16.7. The summed E-state index contributed by atoms with van der Waals surface area (Å²) in [6.07, 6.45) is 3.48. The molecule has 12 N–H and O–H groups in total. The van der Waals surface area contributed by atoms with Crippen LogP contribution in [0.3, 0.4) is 0 Å². The third-order valence-electron chi connectivity index (χ3n) is 7.08. The van der Waals surface area contributed by atoms with Gasteiger partial charge in [-0.2, -0.15) is 0 Å². The van der Waals surface area contributed by atoms with E-state index in [0.717, 1.165) is 36.8 Å². The first-order valence-electron chi connectivity index (χ1n) is 14.8. The van der Waals surface area contributed by atoms with E-state index in [0.29, 0.717) is 24.5 Å². The number of guanidine groups is 2. The van der Waals surface area contributed by atoms with Gasteiger partial charge < -0.3 is 43.2 Å². The molecule has 2 aromatic rings. The van der Waals surface area contributed by atoms with Gasteiger partial charge in [-0.1, -0.05) is 24.3 Å². The number of rotatable bonds is 16. The van der Waals surface area contributed by atoms with Crippen molar-refractivity contribution in [1.29, 1.82) is 0 Å². The molecule has 0 radical (unpaired) electrons. The molecule has 2 amide bonds. The Morgan fingerprint density at radius 3 is 1.28 bits per heavy atom. The minimum atomic E-state index is -0.448. The largest absolute Gasteiger partial charge is 0.370 e. The zero-order chi connectivity index (χ0) is 33.3. The van der Waals surface area contributed by atoms with Crippen molar-refractivity contribution in [3.63, 3.8) is 0 Å². The lowest BCUT2D eigenvalue weighted by atomic mass is 9.79. The third-order valence-corrected chi connectivity index (χ3v) is 7.08. The van der Waals surface area contributed by atoms with Crippen molar-refractivity contribution in [3.8, 4) is 0 Å². The molecule has 46 heavy (non-hydrogen) atoms. The van der Waals surface area contributed by atoms with E-state index in [-0.39, 0.29) is 61.5 Å². The lowest BCUT2D eigenvalue weighted by Gasteiger charge is -2.27. The maximum absolute atomic E-state index is 12.2. The molecule has 1 aliphatic carbocycles. The van der Waals surface area contributed by atoms with Crippen molar-refractivity contribution in [2.75, 3.05) is 13.1 Å². The van der Waals surface area contributed by atoms with Crippen molar-refractivity contribution in [3.05, 3.63) is 59.7 Å². The monoisotopic (exact) mass is 638 g/mol. The number of carbonyl (C=O) groups is 4. The highest BCUT2D eigenvalue weighted by Gasteiger charge is 2.26. The predicted octanol–water partition coefficient (Wildman–Crippen LogP) is 0.111. The van der Waals surface area contributed by atoms with Gasteiger partial charge in [-0.3, -0.25) is 19.2 Å². The maximum Gasteiger partial charge on any atom is 0.325 e. The fourth-order valence-corrected chi connectivity index (χ4v) is 4.76. The van der Waals surface area contributed by atoms with E-state index in [1.807, 2.05) is 0 Å². The normalized spacial score (nSPS) is 15.6. The van der Waals surface area contributed by atoms with Crippen LogP contribution < -0.4 is 44.5 Å². The standard InChI is InChI=1S/C30H42N10O6/c31-29(32)39-23-9-5-21(6-10-23)15-35-25(41)17-37-45-27(43)13-19-1-2-20(4-3-19)14-28(44)46-38-18-26(42)36-16-22-7-11-24(12-8-22)40-30(33)34/h5-12,19-20,37-38H,1-4,13-18H2,(H,35,41)(H,36,42)(H4,31,32,39)(H4,33,34,40). The number of benzene rings is 2. The van der Waals surface area contributed by atoms with Crippen molar-refractivity contribution < 1.29 is 28.9 Å². The van der Waals surface area contributed by atoms with Gasteiger partial charge in [0, 0.05) is 13.1 Å². The molecule has 2 aromatic carbocycles. The molecular formula is C30H42N10O6. The second-order valence-electron chi connectivity index (χ2n) is 10.8. The van der Waals surface area contributed by atoms with Gasteiger partial charge in [0.15, 0.2) is 11.9 Å². The van der Waals surface area contributed by atoms with Crippen molar-refractivity contribution in [2.45, 2.75) is 51.6 Å². The topological polar surface area (TPSA) is 264 Å². The van der Waals surface area contributed by atoms with Gasteiger partial charge >= 0.3 is 11.9 Å². The number of hydrogen-bond donors (Lipinski definition) is 8. The summed E-state index contributed by atoms with van der Waals surface area (Å²) >= 11 is 0. The van der Waals surface area contributed by atoms with Crippen LogP contribution >= 0.6 is 0 Å². The number of nitrogens with two attached hydrogens (primary N) is 4. The summed E-state index contributed by atoms with van der Waals surface area (Å²) in [4.78, 5) is 66.4. The zero-order valence-electron chi connectivity index (χ0n) is 25.5. The Morgan fingerprint density at radius 1 is 0.609 bits per heavy atom. The summed E-state index contributed by atoms with van der Waals surface area (Å²) in [6.45, 7) is 0.215. The Labute approximate surface area is 266 Å². The van der Waals surface area contributed by atoms with E-state index in [9.17, 15) is 19.2 Å². The van der Waals surface area contributed by atoms with E-state index in [4.69, 9.17) is 32.6 Å². The lowest BCUT2D eigenvalue weighted by molar-refractivity contribution is -0.155. The molecule has 0 spiro atoms. The number of hydroxylamine groups is 2. The molecule has 1 fully saturated rings. The molecule has 0 heterocycles. The summed E-state index contributed by atoms with van der Waals surface area (Å²) in [6, 6.07) is 14.0. The first-order chi connectivity index (χ1) is 22.0. The smallest absolute Gasteiger partial charge is 0.325 e. The van der Waals surface area contributed by atoms with Crippen LogP contribution in [0.2, 0.25) is 0 Å². The molecule has 1 saturated carbocycles. The Hall–Kier alpha value is -5.22. The maximum atomic E-state index is 12.2. The quantitative estimate of drug-likeness (QED) is 0.0692. The van der Waals surface area contributed by atoms with E-state index in [1.165, 1.54) is 0 Å². The van der Waals surface area contributed by atoms with Gasteiger partial charge in [-0.25, -0.2) is 9.98 Å². The highest BCUT2D eigenvalue weighted by Crippen LogP contribution is 2.32. The minimum Gasteiger partial charge on any atom is -0.370 e. The molecule has 0 aromatic heterocycles. The van der Waals surface area contributed by atoms with Gasteiger partial charge in [0.05, 0.1) is 24.2 Å². The fraction of sp³-hybridized carbons (Fsp3) is 0.400. The van der Waals surface area contributed by atoms with Gasteiger partial charge in [0.1, 0.15) is 13.1 Å². The average molecular weight is 639 g/mol. The van der Waals surface area contributed by atoms with Gasteiger partial charge in [0.25, 0.3) is 0 Å². The molecule has 0 unspecified atom stereocenters. The molecule has 0 aliphatic heterocycles. The molecule has 16 nitrogen and oxygen atoms in total. The second kappa shape index (κ2) is 18.6. The van der Waals surface area contributed by atoms with Gasteiger partial charge in [0.2, 0.25) is 11.8 Å². The molecular weight excluding hydrogens is 596 g/mol. The van der Waals surface area contributed by atoms with Crippen molar-refractivity contribution in [1.82, 2.24) is 21.6 Å². The number of nitrogens with one attached hydrogen (secondary N) is 4. The van der Waals surface area contributed by atoms with Gasteiger partial charge in [-0.15, -0.1) is 11.0 Å². The number of carbonyl (C=O) groups excluding carboxylic acids is 4. The van der Waals surface area contributed by atoms with Crippen LogP contribution in [0.25, 0.3) is 0 Å². The Bertz CT molecular complexity index is 1260. The molecule has 3 rings (SSSR count). The first kappa shape index (κ1) is 35.3. The van der Waals surface area contributed by atoms with Crippen LogP contribution in [-0.4, -0.2) is 48.8 Å². The van der Waals surface area contributed by atoms with E-state index >= 15 is 0 Å². The minimum absolute atomic E-state index is 0.0381. The zero-order valence-corrected chi connectivity index (χ0v) is 25.5. The SMILES string of the molecule is NC(N)=Nc1ccc(CNC(=O)CNOC(=O)CC2CCC(CC(=O)ONCC(=O)NCc3ccc(N=C(N)N)cc3)CC2)cc1. The Morgan fingerprint density at radius 2 is 0.957 bits per heavy atom. The summed E-state index contributed by atoms with van der Waals surface area (Å²) in [5, 5.41) is 5.44. The summed E-state index contributed by atoms with van der Waals surface area (Å²) in [7, 11) is 0. The Kier molecular flexibility index (Phi) is 14.2. The first-order valence-corrected chi connectivity index (χ1v) is 14.8. The fourth-order valence-electron chi connectivity index (χ4n) is 4.76. The van der Waals surface area contributed by atoms with Crippen LogP contribution in [-0.2, 0) is 41.9 Å². The Balaban J connectivity index is 1.20. The van der Waals surface area contributed by atoms with Gasteiger partial charge in [-0.05, 0) is 72.9 Å². The van der Waals surface area contributed by atoms with Crippen molar-refractivity contribution >= 4 is 47.0 Å². The third kappa shape index (κ3) is 14.0. The summed E-state index contributed by atoms with van der Waals surface area (Å²) < 4.78 is 0. The second-order valence-corrected chi connectivity index (χ2v) is 10.8. The van der Waals surface area contributed by atoms with E-state index in [2.05, 4.69) is 31.6 Å².